The highest BCUT2D eigenvalue weighted by Crippen LogP contribution is 2.17. The van der Waals surface area contributed by atoms with Crippen LogP contribution in [0, 0.1) is 11.6 Å². The van der Waals surface area contributed by atoms with Gasteiger partial charge in [0, 0.05) is 0 Å². The van der Waals surface area contributed by atoms with Gasteiger partial charge in [0.1, 0.15) is 0 Å². The van der Waals surface area contributed by atoms with Crippen molar-refractivity contribution in [1.29, 1.82) is 0 Å². The highest BCUT2D eigenvalue weighted by molar-refractivity contribution is 5.95. The normalized spacial score (nSPS) is 18.2. The first-order valence-electron chi connectivity index (χ1n) is 4.67. The summed E-state index contributed by atoms with van der Waals surface area (Å²) in [5, 5.41) is 5.21. The Balaban J connectivity index is 0.00000128. The van der Waals surface area contributed by atoms with Crippen LogP contribution in [0.3, 0.4) is 0 Å². The van der Waals surface area contributed by atoms with E-state index in [9.17, 15) is 13.6 Å². The molecule has 0 radical (unpaired) electrons. The second kappa shape index (κ2) is 5.23. The van der Waals surface area contributed by atoms with Gasteiger partial charge in [-0.1, -0.05) is 6.07 Å². The Morgan fingerprint density at radius 3 is 2.69 bits per heavy atom. The fourth-order valence-corrected chi connectivity index (χ4v) is 1.33. The Labute approximate surface area is 97.6 Å². The lowest BCUT2D eigenvalue weighted by Crippen LogP contribution is -2.50. The van der Waals surface area contributed by atoms with Crippen molar-refractivity contribution in [3.63, 3.8) is 0 Å². The van der Waals surface area contributed by atoms with Crippen LogP contribution in [0.4, 0.5) is 14.5 Å². The molecule has 0 spiro atoms. The lowest BCUT2D eigenvalue weighted by molar-refractivity contribution is -0.119. The van der Waals surface area contributed by atoms with E-state index in [4.69, 9.17) is 0 Å². The summed E-state index contributed by atoms with van der Waals surface area (Å²) in [5.41, 5.74) is -0.117. The first kappa shape index (κ1) is 12.9. The summed E-state index contributed by atoms with van der Waals surface area (Å²) < 4.78 is 25.9. The zero-order valence-corrected chi connectivity index (χ0v) is 9.11. The molecule has 6 heteroatoms. The molecule has 1 aromatic carbocycles. The molecule has 1 heterocycles. The smallest absolute Gasteiger partial charge is 0.241 e. The van der Waals surface area contributed by atoms with Crippen molar-refractivity contribution in [3.05, 3.63) is 29.8 Å². The van der Waals surface area contributed by atoms with E-state index in [-0.39, 0.29) is 30.0 Å². The first-order valence-corrected chi connectivity index (χ1v) is 4.67. The molecular formula is C10H11ClF2N2O. The summed E-state index contributed by atoms with van der Waals surface area (Å²) in [4.78, 5) is 11.4. The molecule has 16 heavy (non-hydrogen) atoms. The van der Waals surface area contributed by atoms with Crippen LogP contribution in [0.1, 0.15) is 6.42 Å². The monoisotopic (exact) mass is 248 g/mol. The SMILES string of the molecule is Cl.O=C(Nc1cccc(F)c1F)[C@H]1CCN1. The maximum absolute atomic E-state index is 13.1. The van der Waals surface area contributed by atoms with Crippen LogP contribution in [0.15, 0.2) is 18.2 Å². The third-order valence-electron chi connectivity index (χ3n) is 2.35. The summed E-state index contributed by atoms with van der Waals surface area (Å²) in [6, 6.07) is 3.40. The van der Waals surface area contributed by atoms with Crippen LogP contribution >= 0.6 is 12.4 Å². The largest absolute Gasteiger partial charge is 0.322 e. The van der Waals surface area contributed by atoms with E-state index in [1.165, 1.54) is 12.1 Å². The third-order valence-corrected chi connectivity index (χ3v) is 2.35. The Morgan fingerprint density at radius 2 is 2.12 bits per heavy atom. The standard InChI is InChI=1S/C10H10F2N2O.ClH/c11-6-2-1-3-7(9(6)12)14-10(15)8-4-5-13-8;/h1-3,8,13H,4-5H2,(H,14,15);1H/t8-;/m1./s1. The van der Waals surface area contributed by atoms with Gasteiger partial charge in [-0.2, -0.15) is 0 Å². The molecule has 0 saturated carbocycles. The molecule has 3 nitrogen and oxygen atoms in total. The molecule has 0 bridgehead atoms. The zero-order valence-electron chi connectivity index (χ0n) is 8.30. The molecule has 1 atom stereocenters. The molecule has 2 rings (SSSR count). The average molecular weight is 249 g/mol. The molecular weight excluding hydrogens is 238 g/mol. The van der Waals surface area contributed by atoms with E-state index < -0.39 is 11.6 Å². The average Bonchev–Trinajstić information content (AvgIpc) is 2.10. The Bertz CT molecular complexity index is 396. The number of benzene rings is 1. The molecule has 1 aliphatic rings. The van der Waals surface area contributed by atoms with Crippen molar-refractivity contribution < 1.29 is 13.6 Å². The van der Waals surface area contributed by atoms with Gasteiger partial charge in [0.15, 0.2) is 11.6 Å². The number of hydrogen-bond donors (Lipinski definition) is 2. The first-order chi connectivity index (χ1) is 7.18. The summed E-state index contributed by atoms with van der Waals surface area (Å²) in [6.07, 6.45) is 0.725. The third kappa shape index (κ3) is 2.48. The fourth-order valence-electron chi connectivity index (χ4n) is 1.33. The van der Waals surface area contributed by atoms with Gasteiger partial charge < -0.3 is 10.6 Å². The molecule has 1 saturated heterocycles. The van der Waals surface area contributed by atoms with Crippen LogP contribution in [0.2, 0.25) is 0 Å². The summed E-state index contributed by atoms with van der Waals surface area (Å²) in [6.45, 7) is 0.781. The van der Waals surface area contributed by atoms with Crippen molar-refractivity contribution in [1.82, 2.24) is 5.32 Å². The van der Waals surface area contributed by atoms with Crippen LogP contribution in [0.5, 0.6) is 0 Å². The molecule has 0 aromatic heterocycles. The van der Waals surface area contributed by atoms with E-state index in [0.29, 0.717) is 0 Å². The van der Waals surface area contributed by atoms with Crippen molar-refractivity contribution in [2.45, 2.75) is 12.5 Å². The zero-order chi connectivity index (χ0) is 10.8. The second-order valence-corrected chi connectivity index (χ2v) is 3.39. The van der Waals surface area contributed by atoms with Crippen molar-refractivity contribution in [2.24, 2.45) is 0 Å². The number of anilines is 1. The van der Waals surface area contributed by atoms with E-state index in [1.807, 2.05) is 0 Å². The number of amides is 1. The van der Waals surface area contributed by atoms with E-state index in [1.54, 1.807) is 0 Å². The molecule has 0 unspecified atom stereocenters. The number of nitrogens with one attached hydrogen (secondary N) is 2. The minimum atomic E-state index is -1.02. The van der Waals surface area contributed by atoms with Crippen molar-refractivity contribution in [2.75, 3.05) is 11.9 Å². The van der Waals surface area contributed by atoms with Crippen LogP contribution < -0.4 is 10.6 Å². The van der Waals surface area contributed by atoms with E-state index >= 15 is 0 Å². The van der Waals surface area contributed by atoms with Crippen LogP contribution in [0.25, 0.3) is 0 Å². The highest BCUT2D eigenvalue weighted by atomic mass is 35.5. The number of rotatable bonds is 2. The maximum atomic E-state index is 13.1. The minimum absolute atomic E-state index is 0. The number of carbonyl (C=O) groups is 1. The van der Waals surface area contributed by atoms with Gasteiger partial charge in [0.05, 0.1) is 11.7 Å². The van der Waals surface area contributed by atoms with Gasteiger partial charge >= 0.3 is 0 Å². The summed E-state index contributed by atoms with van der Waals surface area (Å²) >= 11 is 0. The predicted molar refractivity (Wildman–Crippen MR) is 58.6 cm³/mol. The predicted octanol–water partition coefficient (Wildman–Crippen LogP) is 1.69. The van der Waals surface area contributed by atoms with Crippen molar-refractivity contribution in [3.8, 4) is 0 Å². The van der Waals surface area contributed by atoms with E-state index in [0.717, 1.165) is 19.0 Å². The van der Waals surface area contributed by atoms with Crippen LogP contribution in [-0.4, -0.2) is 18.5 Å². The highest BCUT2D eigenvalue weighted by Gasteiger charge is 2.25. The Kier molecular flexibility index (Phi) is 4.20. The van der Waals surface area contributed by atoms with Gasteiger partial charge in [-0.15, -0.1) is 12.4 Å². The number of carbonyl (C=O) groups excluding carboxylic acids is 1. The molecule has 1 aromatic rings. The summed E-state index contributed by atoms with van der Waals surface area (Å²) in [5.74, 6) is -2.31. The minimum Gasteiger partial charge on any atom is -0.322 e. The summed E-state index contributed by atoms with van der Waals surface area (Å²) in [7, 11) is 0. The molecule has 88 valence electrons. The number of halogens is 3. The molecule has 1 fully saturated rings. The fraction of sp³-hybridized carbons (Fsp3) is 0.300. The molecule has 1 aliphatic heterocycles. The molecule has 2 N–H and O–H groups in total. The molecule has 1 amide bonds. The van der Waals surface area contributed by atoms with E-state index in [2.05, 4.69) is 10.6 Å². The van der Waals surface area contributed by atoms with Gasteiger partial charge in [-0.3, -0.25) is 4.79 Å². The Hall–Kier alpha value is -1.20. The van der Waals surface area contributed by atoms with Gasteiger partial charge in [0.25, 0.3) is 0 Å². The molecule has 0 aliphatic carbocycles. The van der Waals surface area contributed by atoms with Gasteiger partial charge in [-0.25, -0.2) is 8.78 Å². The van der Waals surface area contributed by atoms with Gasteiger partial charge in [0.2, 0.25) is 5.91 Å². The topological polar surface area (TPSA) is 41.1 Å². The quantitative estimate of drug-likeness (QED) is 0.836. The number of hydrogen-bond acceptors (Lipinski definition) is 2. The van der Waals surface area contributed by atoms with Crippen molar-refractivity contribution >= 4 is 24.0 Å². The Morgan fingerprint density at radius 1 is 1.44 bits per heavy atom. The van der Waals surface area contributed by atoms with Crippen LogP contribution in [-0.2, 0) is 4.79 Å². The lowest BCUT2D eigenvalue weighted by atomic mass is 10.1. The lowest BCUT2D eigenvalue weighted by Gasteiger charge is -2.26. The second-order valence-electron chi connectivity index (χ2n) is 3.39. The van der Waals surface area contributed by atoms with Gasteiger partial charge in [-0.05, 0) is 25.1 Å². The maximum Gasteiger partial charge on any atom is 0.241 e.